The summed E-state index contributed by atoms with van der Waals surface area (Å²) in [4.78, 5) is 26.2. The van der Waals surface area contributed by atoms with E-state index in [-0.39, 0.29) is 0 Å². The van der Waals surface area contributed by atoms with Crippen LogP contribution in [0.2, 0.25) is 0 Å². The molecule has 154 valence electrons. The summed E-state index contributed by atoms with van der Waals surface area (Å²) in [6.07, 6.45) is 3.27. The summed E-state index contributed by atoms with van der Waals surface area (Å²) < 4.78 is 0. The van der Waals surface area contributed by atoms with Crippen LogP contribution in [0, 0.1) is 0 Å². The Kier molecular flexibility index (Phi) is 8.09. The second kappa shape index (κ2) is 11.5. The smallest absolute Gasteiger partial charge is 0.210 e. The van der Waals surface area contributed by atoms with Gasteiger partial charge in [-0.1, -0.05) is 60.7 Å². The van der Waals surface area contributed by atoms with Gasteiger partial charge in [0.15, 0.2) is 0 Å². The first-order valence-electron chi connectivity index (χ1n) is 10.0. The molecule has 30 heavy (non-hydrogen) atoms. The Bertz CT molecular complexity index is 825. The predicted molar refractivity (Wildman–Crippen MR) is 115 cm³/mol. The van der Waals surface area contributed by atoms with Crippen LogP contribution in [0.1, 0.15) is 22.5 Å². The minimum atomic E-state index is 0.412. The first kappa shape index (κ1) is 21.2. The van der Waals surface area contributed by atoms with Crippen LogP contribution in [-0.4, -0.2) is 45.9 Å². The molecule has 0 unspecified atom stereocenters. The molecule has 1 heterocycles. The average Bonchev–Trinajstić information content (AvgIpc) is 2.81. The molecule has 3 aromatic rings. The van der Waals surface area contributed by atoms with Crippen LogP contribution in [0.15, 0.2) is 72.8 Å². The van der Waals surface area contributed by atoms with Gasteiger partial charge in [0, 0.05) is 13.1 Å². The van der Waals surface area contributed by atoms with Crippen molar-refractivity contribution in [1.29, 1.82) is 0 Å². The molecule has 0 bridgehead atoms. The van der Waals surface area contributed by atoms with E-state index < -0.39 is 0 Å². The summed E-state index contributed by atoms with van der Waals surface area (Å²) in [5.41, 5.74) is 3.83. The average molecular weight is 402 g/mol. The number of hydrogen-bond acceptors (Lipinski definition) is 4. The SMILES string of the molecule is O=CN(CCc1ccccc1)Cc1ccc(CN(C=O)CCc2ccccc2)nn1. The number of benzene rings is 2. The first-order chi connectivity index (χ1) is 14.8. The zero-order valence-electron chi connectivity index (χ0n) is 16.9. The second-order valence-corrected chi connectivity index (χ2v) is 7.14. The monoisotopic (exact) mass is 402 g/mol. The lowest BCUT2D eigenvalue weighted by Gasteiger charge is -2.18. The topological polar surface area (TPSA) is 66.4 Å². The van der Waals surface area contributed by atoms with Crippen LogP contribution in [0.4, 0.5) is 0 Å². The molecule has 0 aliphatic carbocycles. The highest BCUT2D eigenvalue weighted by atomic mass is 16.1. The maximum Gasteiger partial charge on any atom is 0.210 e. The van der Waals surface area contributed by atoms with Gasteiger partial charge in [0.05, 0.1) is 24.5 Å². The lowest BCUT2D eigenvalue weighted by molar-refractivity contribution is -0.119. The van der Waals surface area contributed by atoms with Crippen LogP contribution in [0.3, 0.4) is 0 Å². The fourth-order valence-electron chi connectivity index (χ4n) is 3.15. The van der Waals surface area contributed by atoms with Gasteiger partial charge in [-0.3, -0.25) is 9.59 Å². The zero-order chi connectivity index (χ0) is 21.0. The Labute approximate surface area is 177 Å². The third-order valence-corrected chi connectivity index (χ3v) is 4.86. The molecule has 0 N–H and O–H groups in total. The van der Waals surface area contributed by atoms with Gasteiger partial charge in [-0.2, -0.15) is 10.2 Å². The normalized spacial score (nSPS) is 10.4. The first-order valence-corrected chi connectivity index (χ1v) is 10.0. The van der Waals surface area contributed by atoms with E-state index in [4.69, 9.17) is 0 Å². The Morgan fingerprint density at radius 2 is 1.00 bits per heavy atom. The summed E-state index contributed by atoms with van der Waals surface area (Å²) in [6.45, 7) is 2.06. The van der Waals surface area contributed by atoms with Crippen molar-refractivity contribution >= 4 is 12.8 Å². The molecule has 1 aromatic heterocycles. The summed E-state index contributed by atoms with van der Waals surface area (Å²) in [5, 5.41) is 8.47. The van der Waals surface area contributed by atoms with Crippen LogP contribution >= 0.6 is 0 Å². The molecule has 6 heteroatoms. The van der Waals surface area contributed by atoms with Crippen molar-refractivity contribution in [3.05, 3.63) is 95.3 Å². The van der Waals surface area contributed by atoms with Crippen LogP contribution in [-0.2, 0) is 35.5 Å². The van der Waals surface area contributed by atoms with E-state index in [0.29, 0.717) is 26.2 Å². The van der Waals surface area contributed by atoms with Gasteiger partial charge in [0.25, 0.3) is 0 Å². The van der Waals surface area contributed by atoms with Crippen molar-refractivity contribution in [3.63, 3.8) is 0 Å². The van der Waals surface area contributed by atoms with E-state index >= 15 is 0 Å². The fraction of sp³-hybridized carbons (Fsp3) is 0.250. The Balaban J connectivity index is 1.49. The molecule has 0 spiro atoms. The molecule has 0 radical (unpaired) electrons. The quantitative estimate of drug-likeness (QED) is 0.437. The minimum Gasteiger partial charge on any atom is -0.339 e. The molecule has 0 saturated carbocycles. The number of rotatable bonds is 12. The summed E-state index contributed by atoms with van der Waals surface area (Å²) in [6, 6.07) is 23.9. The number of carbonyl (C=O) groups excluding carboxylic acids is 2. The number of carbonyl (C=O) groups is 2. The van der Waals surface area contributed by atoms with Gasteiger partial charge in [0.1, 0.15) is 0 Å². The largest absolute Gasteiger partial charge is 0.339 e. The van der Waals surface area contributed by atoms with Gasteiger partial charge >= 0.3 is 0 Å². The van der Waals surface area contributed by atoms with Crippen LogP contribution < -0.4 is 0 Å². The van der Waals surface area contributed by atoms with E-state index in [0.717, 1.165) is 37.0 Å². The standard InChI is InChI=1S/C24H26N4O2/c29-19-27(15-13-21-7-3-1-4-8-21)17-23-11-12-24(26-25-23)18-28(20-30)16-14-22-9-5-2-6-10-22/h1-12,19-20H,13-18H2. The van der Waals surface area contributed by atoms with Crippen molar-refractivity contribution in [2.45, 2.75) is 25.9 Å². The predicted octanol–water partition coefficient (Wildman–Crippen LogP) is 2.88. The molecule has 0 aliphatic rings. The summed E-state index contributed by atoms with van der Waals surface area (Å²) in [5.74, 6) is 0. The Hall–Kier alpha value is -3.54. The second-order valence-electron chi connectivity index (χ2n) is 7.14. The molecule has 0 aliphatic heterocycles. The Morgan fingerprint density at radius 3 is 1.33 bits per heavy atom. The van der Waals surface area contributed by atoms with Crippen LogP contribution in [0.25, 0.3) is 0 Å². The van der Waals surface area contributed by atoms with E-state index in [1.807, 2.05) is 72.8 Å². The lowest BCUT2D eigenvalue weighted by atomic mass is 10.1. The van der Waals surface area contributed by atoms with E-state index in [1.54, 1.807) is 9.80 Å². The van der Waals surface area contributed by atoms with Gasteiger partial charge in [0.2, 0.25) is 12.8 Å². The molecule has 0 saturated heterocycles. The molecular weight excluding hydrogens is 376 g/mol. The van der Waals surface area contributed by atoms with Crippen molar-refractivity contribution in [3.8, 4) is 0 Å². The molecular formula is C24H26N4O2. The van der Waals surface area contributed by atoms with E-state index in [9.17, 15) is 9.59 Å². The molecule has 0 fully saturated rings. The highest BCUT2D eigenvalue weighted by molar-refractivity contribution is 5.47. The third-order valence-electron chi connectivity index (χ3n) is 4.86. The number of nitrogens with zero attached hydrogens (tertiary/aromatic N) is 4. The fourth-order valence-corrected chi connectivity index (χ4v) is 3.15. The molecule has 3 rings (SSSR count). The Morgan fingerprint density at radius 1 is 0.600 bits per heavy atom. The van der Waals surface area contributed by atoms with Crippen molar-refractivity contribution in [1.82, 2.24) is 20.0 Å². The molecule has 0 atom stereocenters. The third kappa shape index (κ3) is 6.81. The summed E-state index contributed by atoms with van der Waals surface area (Å²) in [7, 11) is 0. The zero-order valence-corrected chi connectivity index (χ0v) is 16.9. The molecule has 2 amide bonds. The number of amides is 2. The highest BCUT2D eigenvalue weighted by Gasteiger charge is 2.08. The van der Waals surface area contributed by atoms with E-state index in [1.165, 1.54) is 11.1 Å². The lowest BCUT2D eigenvalue weighted by Crippen LogP contribution is -2.26. The van der Waals surface area contributed by atoms with Gasteiger partial charge in [-0.15, -0.1) is 0 Å². The maximum atomic E-state index is 11.4. The highest BCUT2D eigenvalue weighted by Crippen LogP contribution is 2.07. The molecule has 6 nitrogen and oxygen atoms in total. The van der Waals surface area contributed by atoms with Gasteiger partial charge in [-0.25, -0.2) is 0 Å². The van der Waals surface area contributed by atoms with Crippen molar-refractivity contribution in [2.24, 2.45) is 0 Å². The van der Waals surface area contributed by atoms with Crippen molar-refractivity contribution in [2.75, 3.05) is 13.1 Å². The van der Waals surface area contributed by atoms with Crippen LogP contribution in [0.5, 0.6) is 0 Å². The van der Waals surface area contributed by atoms with Crippen molar-refractivity contribution < 1.29 is 9.59 Å². The maximum absolute atomic E-state index is 11.4. The number of aromatic nitrogens is 2. The van der Waals surface area contributed by atoms with E-state index in [2.05, 4.69) is 10.2 Å². The summed E-state index contributed by atoms with van der Waals surface area (Å²) >= 11 is 0. The number of hydrogen-bond donors (Lipinski definition) is 0. The molecule has 2 aromatic carbocycles. The van der Waals surface area contributed by atoms with Gasteiger partial charge < -0.3 is 9.80 Å². The minimum absolute atomic E-state index is 0.412. The van der Waals surface area contributed by atoms with Gasteiger partial charge in [-0.05, 0) is 36.1 Å².